The lowest BCUT2D eigenvalue weighted by atomic mass is 9.85. The SMILES string of the molecule is O=C(O)CN(CC1CC1)C1CC(Nc2nnc(C(F)(F)F)s2)C1. The molecule has 0 unspecified atom stereocenters. The Morgan fingerprint density at radius 2 is 2.04 bits per heavy atom. The quantitative estimate of drug-likeness (QED) is 0.786. The number of nitrogens with one attached hydrogen (secondary N) is 1. The first-order chi connectivity index (χ1) is 10.8. The summed E-state index contributed by atoms with van der Waals surface area (Å²) in [5, 5.41) is 17.8. The summed E-state index contributed by atoms with van der Waals surface area (Å²) in [4.78, 5) is 12.9. The van der Waals surface area contributed by atoms with E-state index >= 15 is 0 Å². The van der Waals surface area contributed by atoms with Gasteiger partial charge in [-0.15, -0.1) is 10.2 Å². The van der Waals surface area contributed by atoms with Crippen LogP contribution in [-0.2, 0) is 11.0 Å². The molecular formula is C13H17F3N4O2S. The number of aliphatic carboxylic acids is 1. The topological polar surface area (TPSA) is 78.4 Å². The van der Waals surface area contributed by atoms with Crippen LogP contribution in [0.5, 0.6) is 0 Å². The van der Waals surface area contributed by atoms with Gasteiger partial charge in [0.25, 0.3) is 0 Å². The third-order valence-corrected chi connectivity index (χ3v) is 5.05. The van der Waals surface area contributed by atoms with Gasteiger partial charge in [-0.25, -0.2) is 0 Å². The van der Waals surface area contributed by atoms with Crippen molar-refractivity contribution in [3.8, 4) is 0 Å². The number of hydrogen-bond donors (Lipinski definition) is 2. The van der Waals surface area contributed by atoms with E-state index in [1.54, 1.807) is 0 Å². The first kappa shape index (κ1) is 16.4. The highest BCUT2D eigenvalue weighted by Gasteiger charge is 2.39. The minimum absolute atomic E-state index is 0.0181. The van der Waals surface area contributed by atoms with Gasteiger partial charge in [-0.3, -0.25) is 9.69 Å². The van der Waals surface area contributed by atoms with E-state index in [9.17, 15) is 18.0 Å². The molecular weight excluding hydrogens is 333 g/mol. The Kier molecular flexibility index (Phi) is 4.45. The van der Waals surface area contributed by atoms with Crippen molar-refractivity contribution in [3.63, 3.8) is 0 Å². The fourth-order valence-electron chi connectivity index (χ4n) is 2.72. The molecule has 23 heavy (non-hydrogen) atoms. The number of halogens is 3. The highest BCUT2D eigenvalue weighted by Crippen LogP contribution is 2.36. The molecule has 0 radical (unpaired) electrons. The lowest BCUT2D eigenvalue weighted by Crippen LogP contribution is -2.52. The molecule has 2 aliphatic carbocycles. The highest BCUT2D eigenvalue weighted by atomic mass is 32.1. The summed E-state index contributed by atoms with van der Waals surface area (Å²) < 4.78 is 37.4. The molecule has 0 aliphatic heterocycles. The third-order valence-electron chi connectivity index (χ3n) is 4.15. The summed E-state index contributed by atoms with van der Waals surface area (Å²) in [6.45, 7) is 0.811. The summed E-state index contributed by atoms with van der Waals surface area (Å²) in [7, 11) is 0. The summed E-state index contributed by atoms with van der Waals surface area (Å²) in [5.74, 6) is -0.250. The van der Waals surface area contributed by atoms with E-state index in [4.69, 9.17) is 5.11 Å². The van der Waals surface area contributed by atoms with Crippen LogP contribution in [0, 0.1) is 5.92 Å². The van der Waals surface area contributed by atoms with E-state index in [1.807, 2.05) is 4.90 Å². The van der Waals surface area contributed by atoms with Crippen LogP contribution in [0.3, 0.4) is 0 Å². The van der Waals surface area contributed by atoms with Crippen molar-refractivity contribution in [2.45, 2.75) is 43.9 Å². The Hall–Kier alpha value is -1.42. The van der Waals surface area contributed by atoms with Gasteiger partial charge < -0.3 is 10.4 Å². The van der Waals surface area contributed by atoms with Crippen LogP contribution in [0.15, 0.2) is 0 Å². The number of hydrogen-bond acceptors (Lipinski definition) is 6. The Morgan fingerprint density at radius 3 is 2.57 bits per heavy atom. The molecule has 0 saturated heterocycles. The predicted molar refractivity (Wildman–Crippen MR) is 77.3 cm³/mol. The van der Waals surface area contributed by atoms with Gasteiger partial charge in [0.1, 0.15) is 0 Å². The summed E-state index contributed by atoms with van der Waals surface area (Å²) in [6, 6.07) is 0.184. The molecule has 1 aromatic heterocycles. The lowest BCUT2D eigenvalue weighted by molar-refractivity contribution is -0.140. The minimum atomic E-state index is -4.47. The van der Waals surface area contributed by atoms with E-state index in [2.05, 4.69) is 15.5 Å². The number of alkyl halides is 3. The van der Waals surface area contributed by atoms with Gasteiger partial charge in [-0.2, -0.15) is 13.2 Å². The average Bonchev–Trinajstić information content (AvgIpc) is 3.06. The Morgan fingerprint density at radius 1 is 1.35 bits per heavy atom. The van der Waals surface area contributed by atoms with Crippen LogP contribution in [0.2, 0.25) is 0 Å². The Balaban J connectivity index is 1.49. The van der Waals surface area contributed by atoms with Crippen LogP contribution < -0.4 is 5.32 Å². The zero-order valence-electron chi connectivity index (χ0n) is 12.2. The maximum absolute atomic E-state index is 12.5. The van der Waals surface area contributed by atoms with Crippen LogP contribution in [0.4, 0.5) is 18.3 Å². The van der Waals surface area contributed by atoms with Crippen LogP contribution in [0.1, 0.15) is 30.7 Å². The van der Waals surface area contributed by atoms with Crippen molar-refractivity contribution >= 4 is 22.4 Å². The normalized spacial score (nSPS) is 24.5. The summed E-state index contributed by atoms with van der Waals surface area (Å²) in [5.41, 5.74) is 0. The van der Waals surface area contributed by atoms with E-state index < -0.39 is 17.2 Å². The maximum atomic E-state index is 12.5. The zero-order valence-corrected chi connectivity index (χ0v) is 13.0. The van der Waals surface area contributed by atoms with Crippen molar-refractivity contribution in [2.24, 2.45) is 5.92 Å². The standard InChI is InChI=1S/C13H17F3N4O2S/c14-13(15,16)11-18-19-12(23-11)17-8-3-9(4-8)20(6-10(21)22)5-7-1-2-7/h7-9H,1-6H2,(H,17,19)(H,21,22). The van der Waals surface area contributed by atoms with Gasteiger partial charge in [-0.05, 0) is 31.6 Å². The monoisotopic (exact) mass is 350 g/mol. The number of carboxylic acids is 1. The molecule has 6 nitrogen and oxygen atoms in total. The van der Waals surface area contributed by atoms with E-state index in [0.29, 0.717) is 30.1 Å². The average molecular weight is 350 g/mol. The largest absolute Gasteiger partial charge is 0.480 e. The van der Waals surface area contributed by atoms with Crippen molar-refractivity contribution in [1.82, 2.24) is 15.1 Å². The molecule has 3 rings (SSSR count). The summed E-state index contributed by atoms with van der Waals surface area (Å²) in [6.07, 6.45) is -0.755. The number of carbonyl (C=O) groups is 1. The fraction of sp³-hybridized carbons (Fsp3) is 0.769. The van der Waals surface area contributed by atoms with Crippen LogP contribution >= 0.6 is 11.3 Å². The minimum Gasteiger partial charge on any atom is -0.480 e. The first-order valence-corrected chi connectivity index (χ1v) is 8.26. The third kappa shape index (κ3) is 4.31. The van der Waals surface area contributed by atoms with Gasteiger partial charge in [0.15, 0.2) is 0 Å². The molecule has 2 saturated carbocycles. The van der Waals surface area contributed by atoms with Crippen LogP contribution in [-0.4, -0.2) is 51.3 Å². The second-order valence-electron chi connectivity index (χ2n) is 6.14. The molecule has 0 spiro atoms. The summed E-state index contributed by atoms with van der Waals surface area (Å²) >= 11 is 0.492. The molecule has 0 bridgehead atoms. The fourth-order valence-corrected chi connectivity index (χ4v) is 3.41. The first-order valence-electron chi connectivity index (χ1n) is 7.44. The van der Waals surface area contributed by atoms with Crippen molar-refractivity contribution in [1.29, 1.82) is 0 Å². The molecule has 2 fully saturated rings. The molecule has 1 heterocycles. The number of carboxylic acid groups (broad SMARTS) is 1. The van der Waals surface area contributed by atoms with Gasteiger partial charge in [0.2, 0.25) is 10.1 Å². The zero-order chi connectivity index (χ0) is 16.6. The Bertz CT molecular complexity index is 570. The van der Waals surface area contributed by atoms with Crippen molar-refractivity contribution in [3.05, 3.63) is 5.01 Å². The molecule has 0 atom stereocenters. The van der Waals surface area contributed by atoms with E-state index in [1.165, 1.54) is 0 Å². The molecule has 128 valence electrons. The molecule has 1 aromatic rings. The smallest absolute Gasteiger partial charge is 0.445 e. The van der Waals surface area contributed by atoms with Crippen LogP contribution in [0.25, 0.3) is 0 Å². The Labute approximate surface area is 134 Å². The highest BCUT2D eigenvalue weighted by molar-refractivity contribution is 7.15. The number of aromatic nitrogens is 2. The van der Waals surface area contributed by atoms with Gasteiger partial charge in [0, 0.05) is 18.6 Å². The van der Waals surface area contributed by atoms with Gasteiger partial charge in [-0.1, -0.05) is 11.3 Å². The number of anilines is 1. The van der Waals surface area contributed by atoms with Gasteiger partial charge in [0.05, 0.1) is 6.54 Å². The number of rotatable bonds is 7. The van der Waals surface area contributed by atoms with E-state index in [0.717, 1.165) is 19.4 Å². The molecule has 10 heteroatoms. The van der Waals surface area contributed by atoms with Gasteiger partial charge >= 0.3 is 12.1 Å². The number of nitrogens with zero attached hydrogens (tertiary/aromatic N) is 3. The predicted octanol–water partition coefficient (Wildman–Crippen LogP) is 2.30. The second kappa shape index (κ2) is 6.23. The molecule has 0 aromatic carbocycles. The van der Waals surface area contributed by atoms with Crippen molar-refractivity contribution in [2.75, 3.05) is 18.4 Å². The van der Waals surface area contributed by atoms with Crippen molar-refractivity contribution < 1.29 is 23.1 Å². The van der Waals surface area contributed by atoms with E-state index in [-0.39, 0.29) is 23.8 Å². The molecule has 0 amide bonds. The lowest BCUT2D eigenvalue weighted by Gasteiger charge is -2.42. The second-order valence-corrected chi connectivity index (χ2v) is 7.12. The molecule has 2 N–H and O–H groups in total. The molecule has 2 aliphatic rings. The maximum Gasteiger partial charge on any atom is 0.445 e.